The number of fused-ring (bicyclic) bond motifs is 1. The van der Waals surface area contributed by atoms with Crippen LogP contribution in [0, 0.1) is 0 Å². The summed E-state index contributed by atoms with van der Waals surface area (Å²) in [4.78, 5) is 26.6. The van der Waals surface area contributed by atoms with Crippen LogP contribution in [-0.4, -0.2) is 76.9 Å². The Labute approximate surface area is 105 Å². The molecule has 0 radical (unpaired) electrons. The molecule has 0 aromatic heterocycles. The molecule has 2 rings (SSSR count). The number of hydrogen-bond acceptors (Lipinski definition) is 4. The lowest BCUT2D eigenvalue weighted by Crippen LogP contribution is -2.57. The molecule has 0 saturated carbocycles. The third-order valence-electron chi connectivity index (χ3n) is 3.65. The fraction of sp³-hybridized carbons (Fsp3) is 0.818. The largest absolute Gasteiger partial charge is 0.480 e. The smallest absolute Gasteiger partial charge is 0.328 e. The number of aliphatic hydroxyl groups is 1. The predicted octanol–water partition coefficient (Wildman–Crippen LogP) is -1.08. The van der Waals surface area contributed by atoms with E-state index in [4.69, 9.17) is 10.2 Å². The fourth-order valence-corrected chi connectivity index (χ4v) is 2.60. The van der Waals surface area contributed by atoms with E-state index in [1.165, 1.54) is 0 Å². The molecule has 2 fully saturated rings. The molecule has 2 saturated heterocycles. The van der Waals surface area contributed by atoms with E-state index in [1.807, 2.05) is 0 Å². The van der Waals surface area contributed by atoms with Gasteiger partial charge in [0.25, 0.3) is 0 Å². The van der Waals surface area contributed by atoms with Crippen molar-refractivity contribution in [2.24, 2.45) is 0 Å². The van der Waals surface area contributed by atoms with Crippen LogP contribution in [0.1, 0.15) is 12.8 Å². The van der Waals surface area contributed by atoms with Gasteiger partial charge in [-0.15, -0.1) is 0 Å². The van der Waals surface area contributed by atoms with Crippen molar-refractivity contribution in [3.05, 3.63) is 0 Å². The van der Waals surface area contributed by atoms with Crippen LogP contribution in [-0.2, 0) is 4.79 Å². The molecule has 18 heavy (non-hydrogen) atoms. The molecule has 7 heteroatoms. The first-order valence-electron chi connectivity index (χ1n) is 6.25. The van der Waals surface area contributed by atoms with Crippen LogP contribution in [0.5, 0.6) is 0 Å². The van der Waals surface area contributed by atoms with Gasteiger partial charge in [-0.2, -0.15) is 0 Å². The molecule has 0 bridgehead atoms. The third kappa shape index (κ3) is 2.73. The first-order chi connectivity index (χ1) is 8.61. The van der Waals surface area contributed by atoms with E-state index in [-0.39, 0.29) is 0 Å². The lowest BCUT2D eigenvalue weighted by Gasteiger charge is -2.37. The first kappa shape index (κ1) is 13.1. The Balaban J connectivity index is 1.87. The number of aliphatic hydroxyl groups excluding tert-OH is 1. The van der Waals surface area contributed by atoms with Crippen molar-refractivity contribution in [3.63, 3.8) is 0 Å². The molecule has 7 nitrogen and oxygen atoms in total. The van der Waals surface area contributed by atoms with Crippen LogP contribution in [0.3, 0.4) is 0 Å². The Hall–Kier alpha value is -1.34. The maximum atomic E-state index is 11.9. The predicted molar refractivity (Wildman–Crippen MR) is 63.2 cm³/mol. The van der Waals surface area contributed by atoms with Gasteiger partial charge in [-0.3, -0.25) is 4.90 Å². The average molecular weight is 257 g/mol. The van der Waals surface area contributed by atoms with Crippen molar-refractivity contribution in [1.82, 2.24) is 15.1 Å². The molecule has 2 heterocycles. The zero-order valence-corrected chi connectivity index (χ0v) is 10.2. The van der Waals surface area contributed by atoms with Crippen LogP contribution in [0.4, 0.5) is 4.79 Å². The summed E-state index contributed by atoms with van der Waals surface area (Å²) in [5.74, 6) is -1.22. The minimum atomic E-state index is -1.22. The zero-order chi connectivity index (χ0) is 13.1. The molecule has 0 aliphatic carbocycles. The number of rotatable bonds is 3. The second kappa shape index (κ2) is 5.53. The number of carboxylic acids is 1. The van der Waals surface area contributed by atoms with E-state index in [0.717, 1.165) is 25.9 Å². The van der Waals surface area contributed by atoms with Crippen LogP contribution < -0.4 is 5.32 Å². The number of amides is 2. The Morgan fingerprint density at radius 2 is 2.11 bits per heavy atom. The number of carbonyl (C=O) groups excluding carboxylic acids is 1. The summed E-state index contributed by atoms with van der Waals surface area (Å²) in [7, 11) is 0. The standard InChI is InChI=1S/C11H19N3O4/c15-7-9(10(16)17)12-11(18)14-5-4-13-3-1-2-8(13)6-14/h8-9,15H,1-7H2,(H,12,18)(H,16,17)/t8?,9-/m0/s1. The monoisotopic (exact) mass is 257 g/mol. The number of carbonyl (C=O) groups is 2. The minimum absolute atomic E-state index is 0.400. The van der Waals surface area contributed by atoms with Gasteiger partial charge in [0.2, 0.25) is 0 Å². The average Bonchev–Trinajstić information content (AvgIpc) is 2.82. The van der Waals surface area contributed by atoms with Gasteiger partial charge in [0, 0.05) is 25.7 Å². The van der Waals surface area contributed by atoms with Gasteiger partial charge < -0.3 is 20.4 Å². The SMILES string of the molecule is O=C(O)[C@H](CO)NC(=O)N1CCN2CCCC2C1. The number of piperazine rings is 1. The van der Waals surface area contributed by atoms with Crippen molar-refractivity contribution in [2.75, 3.05) is 32.8 Å². The maximum Gasteiger partial charge on any atom is 0.328 e. The first-order valence-corrected chi connectivity index (χ1v) is 6.25. The summed E-state index contributed by atoms with van der Waals surface area (Å²) in [6, 6.07) is -1.22. The van der Waals surface area contributed by atoms with Gasteiger partial charge in [-0.05, 0) is 19.4 Å². The highest BCUT2D eigenvalue weighted by atomic mass is 16.4. The molecular formula is C11H19N3O4. The molecule has 102 valence electrons. The molecule has 2 aliphatic rings. The van der Waals surface area contributed by atoms with Crippen molar-refractivity contribution >= 4 is 12.0 Å². The van der Waals surface area contributed by atoms with Gasteiger partial charge in [-0.25, -0.2) is 9.59 Å². The van der Waals surface area contributed by atoms with E-state index < -0.39 is 24.6 Å². The normalized spacial score (nSPS) is 25.6. The van der Waals surface area contributed by atoms with E-state index in [2.05, 4.69) is 10.2 Å². The van der Waals surface area contributed by atoms with E-state index in [9.17, 15) is 9.59 Å². The van der Waals surface area contributed by atoms with Crippen molar-refractivity contribution in [3.8, 4) is 0 Å². The van der Waals surface area contributed by atoms with Gasteiger partial charge in [0.05, 0.1) is 6.61 Å². The van der Waals surface area contributed by atoms with E-state index >= 15 is 0 Å². The van der Waals surface area contributed by atoms with Gasteiger partial charge in [-0.1, -0.05) is 0 Å². The van der Waals surface area contributed by atoms with Gasteiger partial charge in [0.1, 0.15) is 0 Å². The van der Waals surface area contributed by atoms with E-state index in [1.54, 1.807) is 4.90 Å². The molecule has 2 atom stereocenters. The lowest BCUT2D eigenvalue weighted by molar-refractivity contribution is -0.140. The molecule has 0 aromatic carbocycles. The molecule has 0 aromatic rings. The minimum Gasteiger partial charge on any atom is -0.480 e. The molecule has 2 aliphatic heterocycles. The Bertz CT molecular complexity index is 336. The number of aliphatic carboxylic acids is 1. The summed E-state index contributed by atoms with van der Waals surface area (Å²) in [6.07, 6.45) is 2.25. The Morgan fingerprint density at radius 1 is 1.33 bits per heavy atom. The highest BCUT2D eigenvalue weighted by molar-refractivity contribution is 5.82. The summed E-state index contributed by atoms with van der Waals surface area (Å²) in [6.45, 7) is 2.59. The summed E-state index contributed by atoms with van der Waals surface area (Å²) in [5, 5.41) is 20.0. The highest BCUT2D eigenvalue weighted by Gasteiger charge is 2.33. The number of hydrogen-bond donors (Lipinski definition) is 3. The second-order valence-corrected chi connectivity index (χ2v) is 4.80. The Morgan fingerprint density at radius 3 is 2.78 bits per heavy atom. The lowest BCUT2D eigenvalue weighted by atomic mass is 10.1. The number of nitrogens with one attached hydrogen (secondary N) is 1. The molecule has 1 unspecified atom stereocenters. The second-order valence-electron chi connectivity index (χ2n) is 4.80. The van der Waals surface area contributed by atoms with Crippen LogP contribution >= 0.6 is 0 Å². The van der Waals surface area contributed by atoms with Crippen molar-refractivity contribution in [2.45, 2.75) is 24.9 Å². The number of urea groups is 1. The topological polar surface area (TPSA) is 93.1 Å². The van der Waals surface area contributed by atoms with E-state index in [0.29, 0.717) is 19.1 Å². The van der Waals surface area contributed by atoms with Crippen LogP contribution in [0.25, 0.3) is 0 Å². The third-order valence-corrected chi connectivity index (χ3v) is 3.65. The zero-order valence-electron chi connectivity index (χ0n) is 10.2. The Kier molecular flexibility index (Phi) is 4.03. The quantitative estimate of drug-likeness (QED) is 0.598. The molecule has 3 N–H and O–H groups in total. The van der Waals surface area contributed by atoms with Crippen LogP contribution in [0.15, 0.2) is 0 Å². The molecule has 0 spiro atoms. The van der Waals surface area contributed by atoms with Crippen LogP contribution in [0.2, 0.25) is 0 Å². The maximum absolute atomic E-state index is 11.9. The molecule has 2 amide bonds. The summed E-state index contributed by atoms with van der Waals surface area (Å²) in [5.41, 5.74) is 0. The fourth-order valence-electron chi connectivity index (χ4n) is 2.60. The molecular weight excluding hydrogens is 238 g/mol. The highest BCUT2D eigenvalue weighted by Crippen LogP contribution is 2.21. The summed E-state index contributed by atoms with van der Waals surface area (Å²) >= 11 is 0. The van der Waals surface area contributed by atoms with Gasteiger partial charge >= 0.3 is 12.0 Å². The van der Waals surface area contributed by atoms with Crippen molar-refractivity contribution < 1.29 is 19.8 Å². The number of carboxylic acid groups (broad SMARTS) is 1. The summed E-state index contributed by atoms with van der Waals surface area (Å²) < 4.78 is 0. The van der Waals surface area contributed by atoms with Crippen molar-refractivity contribution in [1.29, 1.82) is 0 Å². The van der Waals surface area contributed by atoms with Gasteiger partial charge in [0.15, 0.2) is 6.04 Å². The number of nitrogens with zero attached hydrogens (tertiary/aromatic N) is 2.